The lowest BCUT2D eigenvalue weighted by molar-refractivity contribution is 0.309. The molecule has 0 radical (unpaired) electrons. The van der Waals surface area contributed by atoms with Gasteiger partial charge < -0.3 is 9.32 Å². The van der Waals surface area contributed by atoms with Crippen LogP contribution in [0.4, 0.5) is 5.82 Å². The van der Waals surface area contributed by atoms with Gasteiger partial charge in [-0.05, 0) is 37.1 Å². The number of fused-ring (bicyclic) bond motifs is 1. The first kappa shape index (κ1) is 17.4. The molecular formula is C18H19N5O4S. The zero-order valence-electron chi connectivity index (χ0n) is 15.2. The highest BCUT2D eigenvalue weighted by atomic mass is 32.2. The van der Waals surface area contributed by atoms with Crippen molar-refractivity contribution in [2.45, 2.75) is 29.7 Å². The Bertz CT molecular complexity index is 1190. The molecule has 2 aliphatic rings. The Morgan fingerprint density at radius 2 is 1.96 bits per heavy atom. The van der Waals surface area contributed by atoms with E-state index in [4.69, 9.17) is 4.42 Å². The van der Waals surface area contributed by atoms with Gasteiger partial charge in [-0.3, -0.25) is 4.98 Å². The van der Waals surface area contributed by atoms with E-state index in [1.807, 2.05) is 17.0 Å². The molecule has 9 nitrogen and oxygen atoms in total. The lowest BCUT2D eigenvalue weighted by Crippen LogP contribution is -2.60. The highest BCUT2D eigenvalue weighted by molar-refractivity contribution is 7.89. The van der Waals surface area contributed by atoms with Crippen LogP contribution in [0, 0.1) is 0 Å². The van der Waals surface area contributed by atoms with E-state index >= 15 is 0 Å². The summed E-state index contributed by atoms with van der Waals surface area (Å²) in [6.45, 7) is 1.10. The van der Waals surface area contributed by atoms with Crippen molar-refractivity contribution in [3.8, 4) is 0 Å². The number of rotatable bonds is 5. The van der Waals surface area contributed by atoms with Crippen LogP contribution in [-0.4, -0.2) is 54.1 Å². The summed E-state index contributed by atoms with van der Waals surface area (Å²) in [5.41, 5.74) is 1.72. The zero-order chi connectivity index (χ0) is 19.5. The van der Waals surface area contributed by atoms with Gasteiger partial charge in [0.2, 0.25) is 10.0 Å². The van der Waals surface area contributed by atoms with Gasteiger partial charge in [0, 0.05) is 32.1 Å². The minimum absolute atomic E-state index is 0.0947. The largest absolute Gasteiger partial charge is 0.417 e. The van der Waals surface area contributed by atoms with Crippen molar-refractivity contribution in [1.82, 2.24) is 19.5 Å². The molecule has 10 heteroatoms. The number of hydrogen-bond acceptors (Lipinski definition) is 7. The van der Waals surface area contributed by atoms with Gasteiger partial charge in [0.15, 0.2) is 11.4 Å². The molecule has 2 fully saturated rings. The van der Waals surface area contributed by atoms with E-state index in [2.05, 4.69) is 15.2 Å². The second kappa shape index (κ2) is 6.14. The number of nitrogens with one attached hydrogen (secondary N) is 1. The topological polar surface area (TPSA) is 112 Å². The van der Waals surface area contributed by atoms with E-state index in [0.29, 0.717) is 24.5 Å². The van der Waals surface area contributed by atoms with Crippen molar-refractivity contribution < 1.29 is 12.8 Å². The number of nitrogens with zero attached hydrogens (tertiary/aromatic N) is 4. The van der Waals surface area contributed by atoms with Crippen LogP contribution < -0.4 is 10.7 Å². The Kier molecular flexibility index (Phi) is 3.81. The Labute approximate surface area is 161 Å². The van der Waals surface area contributed by atoms with Crippen LogP contribution in [0.2, 0.25) is 0 Å². The minimum Gasteiger partial charge on any atom is -0.408 e. The van der Waals surface area contributed by atoms with Gasteiger partial charge >= 0.3 is 5.76 Å². The van der Waals surface area contributed by atoms with Gasteiger partial charge in [-0.1, -0.05) is 0 Å². The van der Waals surface area contributed by atoms with Crippen molar-refractivity contribution in [1.29, 1.82) is 0 Å². The number of hydrogen-bond donors (Lipinski definition) is 1. The Hall–Kier alpha value is -2.72. The Balaban J connectivity index is 1.30. The third-order valence-corrected chi connectivity index (χ3v) is 7.34. The SMILES string of the molecule is CN(C1CN(c2ccc(C3CC3)nn2)C1)S(=O)(=O)c1ccc2[nH]c(=O)oc2c1. The number of oxazole rings is 1. The first-order chi connectivity index (χ1) is 13.4. The maximum Gasteiger partial charge on any atom is 0.417 e. The van der Waals surface area contributed by atoms with Crippen molar-refractivity contribution >= 4 is 26.9 Å². The highest BCUT2D eigenvalue weighted by Crippen LogP contribution is 2.39. The van der Waals surface area contributed by atoms with Crippen LogP contribution >= 0.6 is 0 Å². The van der Waals surface area contributed by atoms with E-state index in [1.54, 1.807) is 7.05 Å². The maximum absolute atomic E-state index is 12.9. The molecule has 1 N–H and O–H groups in total. The van der Waals surface area contributed by atoms with E-state index in [1.165, 1.54) is 35.3 Å². The van der Waals surface area contributed by atoms with Gasteiger partial charge in [-0.15, -0.1) is 5.10 Å². The lowest BCUT2D eigenvalue weighted by Gasteiger charge is -2.43. The number of aromatic amines is 1. The first-order valence-electron chi connectivity index (χ1n) is 9.11. The van der Waals surface area contributed by atoms with Gasteiger partial charge in [-0.2, -0.15) is 9.40 Å². The maximum atomic E-state index is 12.9. The zero-order valence-corrected chi connectivity index (χ0v) is 16.0. The van der Waals surface area contributed by atoms with Gasteiger partial charge in [0.05, 0.1) is 22.1 Å². The molecule has 5 rings (SSSR count). The lowest BCUT2D eigenvalue weighted by atomic mass is 10.1. The van der Waals surface area contributed by atoms with Crippen molar-refractivity contribution in [2.75, 3.05) is 25.0 Å². The number of H-pyrrole nitrogens is 1. The standard InChI is InChI=1S/C18H19N5O4S/c1-22(28(25,26)13-4-5-15-16(8-13)27-18(24)19-15)12-9-23(10-12)17-7-6-14(20-21-17)11-2-3-11/h4-8,11-12H,2-3,9-10H2,1H3,(H,19,24). The molecule has 3 heterocycles. The first-order valence-corrected chi connectivity index (χ1v) is 10.6. The second-order valence-corrected chi connectivity index (χ2v) is 9.34. The molecule has 1 aromatic carbocycles. The van der Waals surface area contributed by atoms with Crippen LogP contribution in [0.25, 0.3) is 11.1 Å². The minimum atomic E-state index is -3.70. The average Bonchev–Trinajstić information content (AvgIpc) is 3.41. The molecule has 0 spiro atoms. The van der Waals surface area contributed by atoms with E-state index in [9.17, 15) is 13.2 Å². The fraction of sp³-hybridized carbons (Fsp3) is 0.389. The van der Waals surface area contributed by atoms with E-state index < -0.39 is 15.8 Å². The molecular weight excluding hydrogens is 382 g/mol. The Morgan fingerprint density at radius 1 is 1.18 bits per heavy atom. The number of benzene rings is 1. The predicted octanol–water partition coefficient (Wildman–Crippen LogP) is 1.30. The summed E-state index contributed by atoms with van der Waals surface area (Å²) < 4.78 is 32.2. The van der Waals surface area contributed by atoms with Crippen LogP contribution in [0.1, 0.15) is 24.5 Å². The third-order valence-electron chi connectivity index (χ3n) is 5.44. The van der Waals surface area contributed by atoms with Crippen LogP contribution in [-0.2, 0) is 10.0 Å². The molecule has 2 aromatic heterocycles. The summed E-state index contributed by atoms with van der Waals surface area (Å²) >= 11 is 0. The summed E-state index contributed by atoms with van der Waals surface area (Å²) in [5.74, 6) is 0.715. The van der Waals surface area contributed by atoms with E-state index in [-0.39, 0.29) is 16.5 Å². The fourth-order valence-electron chi connectivity index (χ4n) is 3.42. The molecule has 1 aliphatic heterocycles. The summed E-state index contributed by atoms with van der Waals surface area (Å²) in [7, 11) is -2.14. The van der Waals surface area contributed by atoms with Gasteiger partial charge in [0.1, 0.15) is 0 Å². The smallest absolute Gasteiger partial charge is 0.408 e. The molecule has 0 amide bonds. The van der Waals surface area contributed by atoms with Crippen LogP contribution in [0.3, 0.4) is 0 Å². The highest BCUT2D eigenvalue weighted by Gasteiger charge is 2.37. The normalized spacial score (nSPS) is 18.0. The van der Waals surface area contributed by atoms with Crippen LogP contribution in [0.15, 0.2) is 44.4 Å². The molecule has 1 aliphatic carbocycles. The Morgan fingerprint density at radius 3 is 2.64 bits per heavy atom. The number of sulfonamides is 1. The van der Waals surface area contributed by atoms with Gasteiger partial charge in [0.25, 0.3) is 0 Å². The monoisotopic (exact) mass is 401 g/mol. The second-order valence-electron chi connectivity index (χ2n) is 7.34. The molecule has 0 bridgehead atoms. The predicted molar refractivity (Wildman–Crippen MR) is 102 cm³/mol. The average molecular weight is 401 g/mol. The molecule has 28 heavy (non-hydrogen) atoms. The third kappa shape index (κ3) is 2.89. The quantitative estimate of drug-likeness (QED) is 0.686. The number of likely N-dealkylation sites (N-methyl/N-ethyl adjacent to an activating group) is 1. The molecule has 0 atom stereocenters. The number of aromatic nitrogens is 3. The number of anilines is 1. The molecule has 3 aromatic rings. The van der Waals surface area contributed by atoms with Crippen molar-refractivity contribution in [2.24, 2.45) is 0 Å². The van der Waals surface area contributed by atoms with Crippen molar-refractivity contribution in [3.63, 3.8) is 0 Å². The summed E-state index contributed by atoms with van der Waals surface area (Å²) in [4.78, 5) is 15.9. The van der Waals surface area contributed by atoms with Crippen LogP contribution in [0.5, 0.6) is 0 Å². The molecule has 1 saturated carbocycles. The summed E-state index contributed by atoms with van der Waals surface area (Å²) in [5, 5.41) is 8.55. The van der Waals surface area contributed by atoms with E-state index in [0.717, 1.165) is 11.5 Å². The van der Waals surface area contributed by atoms with Crippen molar-refractivity contribution in [3.05, 3.63) is 46.6 Å². The molecule has 146 valence electrons. The van der Waals surface area contributed by atoms with Gasteiger partial charge in [-0.25, -0.2) is 13.2 Å². The molecule has 0 unspecified atom stereocenters. The fourth-order valence-corrected chi connectivity index (χ4v) is 4.78. The summed E-state index contributed by atoms with van der Waals surface area (Å²) in [6.07, 6.45) is 2.36. The molecule has 1 saturated heterocycles. The summed E-state index contributed by atoms with van der Waals surface area (Å²) in [6, 6.07) is 8.17.